The number of methoxy groups -OCH3 is 1. The van der Waals surface area contributed by atoms with Crippen LogP contribution in [0.3, 0.4) is 0 Å². The van der Waals surface area contributed by atoms with E-state index < -0.39 is 0 Å². The zero-order valence-electron chi connectivity index (χ0n) is 21.5. The van der Waals surface area contributed by atoms with Gasteiger partial charge in [0.2, 0.25) is 5.95 Å². The number of nitrogens with zero attached hydrogens (tertiary/aromatic N) is 4. The highest BCUT2D eigenvalue weighted by Gasteiger charge is 2.32. The number of phenolic OH excluding ortho intramolecular Hbond substituents is 1. The molecule has 1 aliphatic carbocycles. The van der Waals surface area contributed by atoms with Crippen LogP contribution in [0.1, 0.15) is 36.0 Å². The van der Waals surface area contributed by atoms with E-state index in [1.54, 1.807) is 30.7 Å². The van der Waals surface area contributed by atoms with Crippen LogP contribution in [0, 0.1) is 5.92 Å². The van der Waals surface area contributed by atoms with Gasteiger partial charge in [0, 0.05) is 36.6 Å². The lowest BCUT2D eigenvalue weighted by Gasteiger charge is -2.30. The van der Waals surface area contributed by atoms with Crippen LogP contribution < -0.4 is 20.7 Å². The molecule has 0 radical (unpaired) electrons. The molecule has 200 valence electrons. The normalized spacial score (nSPS) is 15.9. The number of fused-ring (bicyclic) bond motifs is 1. The summed E-state index contributed by atoms with van der Waals surface area (Å²) >= 11 is 6.27. The molecule has 2 aromatic heterocycles. The third kappa shape index (κ3) is 5.07. The Bertz CT molecular complexity index is 1550. The van der Waals surface area contributed by atoms with Crippen LogP contribution >= 0.6 is 11.6 Å². The highest BCUT2D eigenvalue weighted by atomic mass is 35.5. The molecule has 0 unspecified atom stereocenters. The number of Topliss-reactive ketones (excluding diaryl/α,β-unsaturated/α-hetero) is 1. The summed E-state index contributed by atoms with van der Waals surface area (Å²) in [6, 6.07) is 9.42. The monoisotopic (exact) mass is 544 g/mol. The highest BCUT2D eigenvalue weighted by molar-refractivity contribution is 6.32. The summed E-state index contributed by atoms with van der Waals surface area (Å²) in [5, 5.41) is 14.6. The van der Waals surface area contributed by atoms with E-state index in [2.05, 4.69) is 25.2 Å². The summed E-state index contributed by atoms with van der Waals surface area (Å²) in [6.07, 6.45) is 8.74. The molecule has 6 rings (SSSR count). The van der Waals surface area contributed by atoms with Gasteiger partial charge in [-0.25, -0.2) is 9.97 Å². The van der Waals surface area contributed by atoms with E-state index in [4.69, 9.17) is 22.1 Å². The summed E-state index contributed by atoms with van der Waals surface area (Å²) in [5.41, 5.74) is 10.2. The quantitative estimate of drug-likeness (QED) is 0.265. The topological polar surface area (TPSA) is 126 Å². The molecule has 4 aromatic rings. The van der Waals surface area contributed by atoms with Gasteiger partial charge in [0.05, 0.1) is 47.0 Å². The van der Waals surface area contributed by atoms with Crippen LogP contribution in [0.2, 0.25) is 5.02 Å². The van der Waals surface area contributed by atoms with Crippen molar-refractivity contribution in [3.05, 3.63) is 59.5 Å². The Morgan fingerprint density at radius 2 is 1.79 bits per heavy atom. The summed E-state index contributed by atoms with van der Waals surface area (Å²) in [7, 11) is 1.48. The van der Waals surface area contributed by atoms with E-state index in [0.29, 0.717) is 22.9 Å². The first-order valence-corrected chi connectivity index (χ1v) is 13.4. The van der Waals surface area contributed by atoms with Crippen LogP contribution in [-0.4, -0.2) is 52.1 Å². The molecule has 3 heterocycles. The predicted molar refractivity (Wildman–Crippen MR) is 152 cm³/mol. The first kappa shape index (κ1) is 25.3. The zero-order chi connectivity index (χ0) is 27.1. The number of rotatable bonds is 7. The SMILES string of the molecule is COc1cc(-c2ccc3ncc(C(=O)C4CC4)c(Nc4cnc(N5CCC(N)CC5)nc4)c3c2)cc(Cl)c1O. The Labute approximate surface area is 231 Å². The zero-order valence-corrected chi connectivity index (χ0v) is 22.3. The molecule has 39 heavy (non-hydrogen) atoms. The Hall–Kier alpha value is -3.95. The second-order valence-electron chi connectivity index (χ2n) is 10.1. The predicted octanol–water partition coefficient (Wildman–Crippen LogP) is 5.32. The average Bonchev–Trinajstić information content (AvgIpc) is 3.81. The number of nitrogens with two attached hydrogens (primary N) is 1. The fourth-order valence-electron chi connectivity index (χ4n) is 4.95. The molecule has 1 saturated heterocycles. The lowest BCUT2D eigenvalue weighted by atomic mass is 9.98. The number of piperidine rings is 1. The van der Waals surface area contributed by atoms with Crippen LogP contribution in [0.25, 0.3) is 22.0 Å². The first-order chi connectivity index (χ1) is 18.9. The summed E-state index contributed by atoms with van der Waals surface area (Å²) in [6.45, 7) is 1.66. The fraction of sp³-hybridized carbons (Fsp3) is 0.310. The summed E-state index contributed by atoms with van der Waals surface area (Å²) < 4.78 is 5.29. The van der Waals surface area contributed by atoms with Crippen molar-refractivity contribution in [2.45, 2.75) is 31.7 Å². The maximum atomic E-state index is 13.3. The number of nitrogens with one attached hydrogen (secondary N) is 1. The molecule has 1 saturated carbocycles. The number of carbonyl (C=O) groups is 1. The van der Waals surface area contributed by atoms with Crippen molar-refractivity contribution in [2.24, 2.45) is 11.7 Å². The van der Waals surface area contributed by atoms with Crippen LogP contribution in [-0.2, 0) is 0 Å². The molecule has 0 spiro atoms. The number of benzene rings is 2. The van der Waals surface area contributed by atoms with E-state index in [9.17, 15) is 9.90 Å². The average molecular weight is 545 g/mol. The van der Waals surface area contributed by atoms with Gasteiger partial charge in [0.25, 0.3) is 0 Å². The van der Waals surface area contributed by atoms with Crippen molar-refractivity contribution in [3.63, 3.8) is 0 Å². The number of anilines is 3. The largest absolute Gasteiger partial charge is 0.503 e. The van der Waals surface area contributed by atoms with Crippen LogP contribution in [0.5, 0.6) is 11.5 Å². The number of ether oxygens (including phenoxy) is 1. The number of halogens is 1. The minimum Gasteiger partial charge on any atom is -0.503 e. The molecule has 0 amide bonds. The molecular weight excluding hydrogens is 516 g/mol. The molecule has 2 fully saturated rings. The van der Waals surface area contributed by atoms with Crippen molar-refractivity contribution in [1.82, 2.24) is 15.0 Å². The Balaban J connectivity index is 1.40. The fourth-order valence-corrected chi connectivity index (χ4v) is 5.16. The Morgan fingerprint density at radius 1 is 1.05 bits per heavy atom. The second-order valence-corrected chi connectivity index (χ2v) is 10.6. The number of phenols is 1. The first-order valence-electron chi connectivity index (χ1n) is 13.0. The maximum absolute atomic E-state index is 13.3. The minimum atomic E-state index is -0.110. The van der Waals surface area contributed by atoms with E-state index in [0.717, 1.165) is 60.8 Å². The van der Waals surface area contributed by atoms with Gasteiger partial charge in [-0.1, -0.05) is 17.7 Å². The third-order valence-corrected chi connectivity index (χ3v) is 7.68. The Kier molecular flexibility index (Phi) is 6.70. The maximum Gasteiger partial charge on any atom is 0.225 e. The standard InChI is InChI=1S/C29H29ClN6O3/c1-39-25-12-18(11-23(30)28(25)38)17-4-5-24-21(10-17)26(22(15-32-24)27(37)16-2-3-16)35-20-13-33-29(34-14-20)36-8-6-19(31)7-9-36/h4-5,10-16,19,38H,2-3,6-9,31H2,1H3,(H,32,35). The van der Waals surface area contributed by atoms with Gasteiger partial charge >= 0.3 is 0 Å². The molecule has 2 aromatic carbocycles. The van der Waals surface area contributed by atoms with Gasteiger partial charge < -0.3 is 25.8 Å². The molecule has 0 atom stereocenters. The number of hydrogen-bond donors (Lipinski definition) is 3. The van der Waals surface area contributed by atoms with Crippen LogP contribution in [0.15, 0.2) is 48.9 Å². The number of carbonyl (C=O) groups excluding carboxylic acids is 1. The lowest BCUT2D eigenvalue weighted by Crippen LogP contribution is -2.40. The number of aromatic nitrogens is 3. The van der Waals surface area contributed by atoms with E-state index in [-0.39, 0.29) is 34.3 Å². The lowest BCUT2D eigenvalue weighted by molar-refractivity contribution is 0.0968. The van der Waals surface area contributed by atoms with Gasteiger partial charge in [0.15, 0.2) is 17.3 Å². The molecule has 0 bridgehead atoms. The van der Waals surface area contributed by atoms with Crippen molar-refractivity contribution in [2.75, 3.05) is 30.4 Å². The molecule has 10 heteroatoms. The van der Waals surface area contributed by atoms with Crippen molar-refractivity contribution < 1.29 is 14.6 Å². The third-order valence-electron chi connectivity index (χ3n) is 7.39. The Morgan fingerprint density at radius 3 is 2.49 bits per heavy atom. The number of ketones is 1. The van der Waals surface area contributed by atoms with Crippen molar-refractivity contribution in [3.8, 4) is 22.6 Å². The van der Waals surface area contributed by atoms with Crippen molar-refractivity contribution in [1.29, 1.82) is 0 Å². The van der Waals surface area contributed by atoms with Crippen LogP contribution in [0.4, 0.5) is 17.3 Å². The van der Waals surface area contributed by atoms with E-state index in [1.807, 2.05) is 18.2 Å². The second kappa shape index (κ2) is 10.3. The molecular formula is C29H29ClN6O3. The summed E-state index contributed by atoms with van der Waals surface area (Å²) in [4.78, 5) is 29.2. The number of hydrogen-bond acceptors (Lipinski definition) is 9. The smallest absolute Gasteiger partial charge is 0.225 e. The molecule has 1 aliphatic heterocycles. The molecule has 4 N–H and O–H groups in total. The summed E-state index contributed by atoms with van der Waals surface area (Å²) in [5.74, 6) is 0.938. The van der Waals surface area contributed by atoms with Gasteiger partial charge in [-0.2, -0.15) is 0 Å². The van der Waals surface area contributed by atoms with E-state index in [1.165, 1.54) is 7.11 Å². The number of pyridine rings is 1. The minimum absolute atomic E-state index is 0.0252. The van der Waals surface area contributed by atoms with E-state index >= 15 is 0 Å². The van der Waals surface area contributed by atoms with Gasteiger partial charge in [-0.05, 0) is 61.1 Å². The number of aromatic hydroxyl groups is 1. The van der Waals surface area contributed by atoms with Gasteiger partial charge in [-0.15, -0.1) is 0 Å². The van der Waals surface area contributed by atoms with Gasteiger partial charge in [-0.3, -0.25) is 9.78 Å². The molecule has 2 aliphatic rings. The van der Waals surface area contributed by atoms with Gasteiger partial charge in [0.1, 0.15) is 0 Å². The highest BCUT2D eigenvalue weighted by Crippen LogP contribution is 2.41. The van der Waals surface area contributed by atoms with Crippen molar-refractivity contribution >= 4 is 45.6 Å². The molecule has 9 nitrogen and oxygen atoms in total.